The smallest absolute Gasteiger partial charge is 0.107 e. The Kier molecular flexibility index (Phi) is 6.55. The molecular weight excluding hydrogens is 302 g/mol. The molecule has 5 nitrogen and oxygen atoms in total. The number of ether oxygens (including phenoxy) is 2. The van der Waals surface area contributed by atoms with Gasteiger partial charge in [-0.3, -0.25) is 9.80 Å². The molecule has 0 aromatic heterocycles. The second-order valence-corrected chi connectivity index (χ2v) is 8.19. The minimum Gasteiger partial charge on any atom is -0.378 e. The van der Waals surface area contributed by atoms with E-state index in [0.29, 0.717) is 12.1 Å². The lowest BCUT2D eigenvalue weighted by atomic mass is 9.98. The van der Waals surface area contributed by atoms with Crippen LogP contribution in [0.4, 0.5) is 0 Å². The monoisotopic (exact) mass is 339 g/mol. The maximum Gasteiger partial charge on any atom is 0.107 e. The van der Waals surface area contributed by atoms with E-state index in [9.17, 15) is 0 Å². The maximum absolute atomic E-state index is 6.36. The van der Waals surface area contributed by atoms with E-state index in [1.807, 2.05) is 0 Å². The fourth-order valence-corrected chi connectivity index (χ4v) is 4.40. The van der Waals surface area contributed by atoms with Crippen molar-refractivity contribution in [3.63, 3.8) is 0 Å². The molecule has 3 rings (SSSR count). The third-order valence-electron chi connectivity index (χ3n) is 6.00. The molecule has 140 valence electrons. The average Bonchev–Trinajstić information content (AvgIpc) is 3.02. The molecule has 1 spiro atoms. The zero-order valence-corrected chi connectivity index (χ0v) is 16.0. The van der Waals surface area contributed by atoms with Gasteiger partial charge in [0.05, 0.1) is 12.7 Å². The second-order valence-electron chi connectivity index (χ2n) is 8.19. The van der Waals surface area contributed by atoms with Gasteiger partial charge in [-0.2, -0.15) is 0 Å². The number of piperazine rings is 1. The largest absolute Gasteiger partial charge is 0.378 e. The van der Waals surface area contributed by atoms with Crippen LogP contribution in [0.3, 0.4) is 0 Å². The Morgan fingerprint density at radius 1 is 1.08 bits per heavy atom. The lowest BCUT2D eigenvalue weighted by Crippen LogP contribution is -2.56. The molecule has 3 aliphatic heterocycles. The standard InChI is InChI=1S/C19H37N3O2/c1-4-18-14-21(15-19(24-18)6-13-23-16-19)8-5-7-20-9-11-22(12-10-20)17(2)3/h17-18H,4-16H2,1-3H3. The van der Waals surface area contributed by atoms with Gasteiger partial charge in [-0.15, -0.1) is 0 Å². The third-order valence-corrected chi connectivity index (χ3v) is 6.00. The predicted octanol–water partition coefficient (Wildman–Crippen LogP) is 1.67. The number of nitrogens with zero attached hydrogens (tertiary/aromatic N) is 3. The highest BCUT2D eigenvalue weighted by Crippen LogP contribution is 2.31. The van der Waals surface area contributed by atoms with Crippen molar-refractivity contribution in [1.29, 1.82) is 0 Å². The van der Waals surface area contributed by atoms with Crippen LogP contribution < -0.4 is 0 Å². The summed E-state index contributed by atoms with van der Waals surface area (Å²) in [5.41, 5.74) is -0.0121. The Morgan fingerprint density at radius 3 is 2.46 bits per heavy atom. The highest BCUT2D eigenvalue weighted by atomic mass is 16.6. The van der Waals surface area contributed by atoms with Gasteiger partial charge in [0, 0.05) is 58.3 Å². The van der Waals surface area contributed by atoms with Crippen molar-refractivity contribution in [3.05, 3.63) is 0 Å². The number of rotatable bonds is 6. The van der Waals surface area contributed by atoms with E-state index >= 15 is 0 Å². The topological polar surface area (TPSA) is 28.2 Å². The molecule has 24 heavy (non-hydrogen) atoms. The fraction of sp³-hybridized carbons (Fsp3) is 1.00. The first-order valence-corrected chi connectivity index (χ1v) is 10.0. The molecule has 2 atom stereocenters. The first kappa shape index (κ1) is 18.6. The fourth-order valence-electron chi connectivity index (χ4n) is 4.40. The molecule has 2 unspecified atom stereocenters. The Bertz CT molecular complexity index is 377. The van der Waals surface area contributed by atoms with Crippen molar-refractivity contribution in [1.82, 2.24) is 14.7 Å². The lowest BCUT2D eigenvalue weighted by Gasteiger charge is -2.44. The summed E-state index contributed by atoms with van der Waals surface area (Å²) in [4.78, 5) is 7.87. The van der Waals surface area contributed by atoms with Gasteiger partial charge in [-0.25, -0.2) is 0 Å². The lowest BCUT2D eigenvalue weighted by molar-refractivity contribution is -0.154. The first-order chi connectivity index (χ1) is 11.6. The van der Waals surface area contributed by atoms with Gasteiger partial charge in [-0.1, -0.05) is 6.92 Å². The normalized spacial score (nSPS) is 33.8. The Hall–Kier alpha value is -0.200. The minimum atomic E-state index is -0.0121. The third kappa shape index (κ3) is 4.70. The van der Waals surface area contributed by atoms with Gasteiger partial charge < -0.3 is 14.4 Å². The summed E-state index contributed by atoms with van der Waals surface area (Å²) in [6.07, 6.45) is 3.83. The molecule has 0 aromatic carbocycles. The van der Waals surface area contributed by atoms with Crippen molar-refractivity contribution in [3.8, 4) is 0 Å². The molecule has 0 aliphatic carbocycles. The van der Waals surface area contributed by atoms with Crippen LogP contribution in [0.2, 0.25) is 0 Å². The van der Waals surface area contributed by atoms with Gasteiger partial charge >= 0.3 is 0 Å². The molecule has 0 saturated carbocycles. The highest BCUT2D eigenvalue weighted by molar-refractivity contribution is 4.93. The number of hydrogen-bond donors (Lipinski definition) is 0. The SMILES string of the molecule is CCC1CN(CCCN2CCN(C(C)C)CC2)CC2(CCOC2)O1. The highest BCUT2D eigenvalue weighted by Gasteiger charge is 2.43. The zero-order chi connectivity index (χ0) is 17.0. The number of hydrogen-bond acceptors (Lipinski definition) is 5. The zero-order valence-electron chi connectivity index (χ0n) is 16.0. The summed E-state index contributed by atoms with van der Waals surface area (Å²) in [5, 5.41) is 0. The second kappa shape index (κ2) is 8.45. The summed E-state index contributed by atoms with van der Waals surface area (Å²) >= 11 is 0. The minimum absolute atomic E-state index is 0.0121. The van der Waals surface area contributed by atoms with Crippen LogP contribution in [0.25, 0.3) is 0 Å². The molecule has 0 amide bonds. The maximum atomic E-state index is 6.36. The van der Waals surface area contributed by atoms with Crippen LogP contribution in [-0.2, 0) is 9.47 Å². The van der Waals surface area contributed by atoms with Gasteiger partial charge in [0.1, 0.15) is 5.60 Å². The van der Waals surface area contributed by atoms with Crippen molar-refractivity contribution in [2.24, 2.45) is 0 Å². The van der Waals surface area contributed by atoms with Gasteiger partial charge in [0.2, 0.25) is 0 Å². The van der Waals surface area contributed by atoms with Crippen molar-refractivity contribution < 1.29 is 9.47 Å². The van der Waals surface area contributed by atoms with Gasteiger partial charge in [0.25, 0.3) is 0 Å². The van der Waals surface area contributed by atoms with E-state index in [0.717, 1.165) is 39.1 Å². The number of morpholine rings is 1. The van der Waals surface area contributed by atoms with Crippen molar-refractivity contribution in [2.45, 2.75) is 57.8 Å². The van der Waals surface area contributed by atoms with Crippen LogP contribution >= 0.6 is 0 Å². The first-order valence-electron chi connectivity index (χ1n) is 10.0. The van der Waals surface area contributed by atoms with Crippen LogP contribution in [0.15, 0.2) is 0 Å². The summed E-state index contributed by atoms with van der Waals surface area (Å²) in [6, 6.07) is 0.691. The van der Waals surface area contributed by atoms with Crippen molar-refractivity contribution >= 4 is 0 Å². The molecule has 0 N–H and O–H groups in total. The molecule has 3 fully saturated rings. The van der Waals surface area contributed by atoms with E-state index in [1.54, 1.807) is 0 Å². The van der Waals surface area contributed by atoms with Crippen LogP contribution in [-0.4, -0.2) is 98.0 Å². The summed E-state index contributed by atoms with van der Waals surface area (Å²) in [6.45, 7) is 18.0. The molecule has 0 aromatic rings. The average molecular weight is 340 g/mol. The van der Waals surface area contributed by atoms with E-state index in [4.69, 9.17) is 9.47 Å². The quantitative estimate of drug-likeness (QED) is 0.734. The van der Waals surface area contributed by atoms with Crippen LogP contribution in [0.1, 0.15) is 40.0 Å². The molecular formula is C19H37N3O2. The molecule has 3 saturated heterocycles. The van der Waals surface area contributed by atoms with E-state index in [1.165, 1.54) is 45.7 Å². The summed E-state index contributed by atoms with van der Waals surface area (Å²) in [5.74, 6) is 0. The summed E-state index contributed by atoms with van der Waals surface area (Å²) in [7, 11) is 0. The molecule has 0 radical (unpaired) electrons. The Balaban J connectivity index is 1.40. The van der Waals surface area contributed by atoms with Gasteiger partial charge in [0.15, 0.2) is 0 Å². The van der Waals surface area contributed by atoms with Gasteiger partial charge in [-0.05, 0) is 39.8 Å². The van der Waals surface area contributed by atoms with Crippen LogP contribution in [0, 0.1) is 0 Å². The van der Waals surface area contributed by atoms with E-state index in [-0.39, 0.29) is 5.60 Å². The van der Waals surface area contributed by atoms with Crippen LogP contribution in [0.5, 0.6) is 0 Å². The van der Waals surface area contributed by atoms with E-state index < -0.39 is 0 Å². The summed E-state index contributed by atoms with van der Waals surface area (Å²) < 4.78 is 12.0. The predicted molar refractivity (Wildman–Crippen MR) is 97.5 cm³/mol. The van der Waals surface area contributed by atoms with E-state index in [2.05, 4.69) is 35.5 Å². The van der Waals surface area contributed by atoms with Crippen molar-refractivity contribution in [2.75, 3.05) is 65.6 Å². The Morgan fingerprint density at radius 2 is 1.83 bits per heavy atom. The molecule has 5 heteroatoms. The Labute approximate surface area is 148 Å². The molecule has 0 bridgehead atoms. The molecule has 3 heterocycles. The molecule has 3 aliphatic rings.